The third-order valence-electron chi connectivity index (χ3n) is 5.67. The van der Waals surface area contributed by atoms with Gasteiger partial charge in [-0.25, -0.2) is 0 Å². The normalized spacial score (nSPS) is 18.5. The highest BCUT2D eigenvalue weighted by Gasteiger charge is 2.40. The number of carbonyl (C=O) groups is 1. The molecule has 1 aliphatic heterocycles. The van der Waals surface area contributed by atoms with Gasteiger partial charge in [-0.3, -0.25) is 9.78 Å². The van der Waals surface area contributed by atoms with Gasteiger partial charge in [0.05, 0.1) is 17.8 Å². The zero-order chi connectivity index (χ0) is 22.7. The van der Waals surface area contributed by atoms with Crippen LogP contribution in [0.2, 0.25) is 0 Å². The van der Waals surface area contributed by atoms with Gasteiger partial charge in [0.1, 0.15) is 0 Å². The molecule has 1 saturated heterocycles. The van der Waals surface area contributed by atoms with Crippen LogP contribution in [0.3, 0.4) is 0 Å². The maximum Gasteiger partial charge on any atom is 0.226 e. The lowest BCUT2D eigenvalue weighted by Crippen LogP contribution is -2.32. The number of aromatic nitrogens is 2. The van der Waals surface area contributed by atoms with Crippen molar-refractivity contribution in [2.24, 2.45) is 0 Å². The van der Waals surface area contributed by atoms with Crippen LogP contribution in [0.5, 0.6) is 0 Å². The number of para-hydroxylation sites is 1. The van der Waals surface area contributed by atoms with Crippen molar-refractivity contribution in [3.8, 4) is 0 Å². The van der Waals surface area contributed by atoms with E-state index >= 15 is 0 Å². The van der Waals surface area contributed by atoms with E-state index in [1.54, 1.807) is 6.20 Å². The van der Waals surface area contributed by atoms with Crippen LogP contribution in [0.4, 0.5) is 5.69 Å². The van der Waals surface area contributed by atoms with Crippen molar-refractivity contribution in [2.45, 2.75) is 44.8 Å². The fraction of sp³-hybridized carbons (Fsp3) is 0.320. The van der Waals surface area contributed by atoms with E-state index in [4.69, 9.17) is 12.2 Å². The second kappa shape index (κ2) is 9.12. The molecule has 3 heterocycles. The van der Waals surface area contributed by atoms with Crippen LogP contribution >= 0.6 is 12.2 Å². The largest absolute Gasteiger partial charge is 0.352 e. The first kappa shape index (κ1) is 22.0. The molecule has 1 amide bonds. The first-order chi connectivity index (χ1) is 15.3. The summed E-state index contributed by atoms with van der Waals surface area (Å²) >= 11 is 5.71. The number of rotatable bonds is 6. The van der Waals surface area contributed by atoms with Crippen LogP contribution in [-0.4, -0.2) is 32.0 Å². The van der Waals surface area contributed by atoms with Gasteiger partial charge in [0.2, 0.25) is 5.91 Å². The Labute approximate surface area is 194 Å². The van der Waals surface area contributed by atoms with Gasteiger partial charge in [0.15, 0.2) is 5.11 Å². The lowest BCUT2D eigenvalue weighted by atomic mass is 9.99. The number of nitrogens with one attached hydrogen (secondary N) is 2. The van der Waals surface area contributed by atoms with Crippen LogP contribution in [0.15, 0.2) is 73.2 Å². The monoisotopic (exact) mass is 447 g/mol. The molecule has 1 aromatic carbocycles. The highest BCUT2D eigenvalue weighted by Crippen LogP contribution is 2.39. The van der Waals surface area contributed by atoms with Crippen molar-refractivity contribution in [1.82, 2.24) is 19.8 Å². The van der Waals surface area contributed by atoms with Gasteiger partial charge in [-0.2, -0.15) is 0 Å². The van der Waals surface area contributed by atoms with Gasteiger partial charge in [-0.1, -0.05) is 24.3 Å². The molecule has 0 spiro atoms. The summed E-state index contributed by atoms with van der Waals surface area (Å²) in [5, 5.41) is 7.04. The van der Waals surface area contributed by atoms with E-state index in [1.807, 2.05) is 48.5 Å². The van der Waals surface area contributed by atoms with Crippen molar-refractivity contribution in [2.75, 3.05) is 11.9 Å². The fourth-order valence-electron chi connectivity index (χ4n) is 3.98. The van der Waals surface area contributed by atoms with E-state index in [-0.39, 0.29) is 23.5 Å². The summed E-state index contributed by atoms with van der Waals surface area (Å²) in [4.78, 5) is 19.3. The molecule has 0 bridgehead atoms. The first-order valence-corrected chi connectivity index (χ1v) is 11.2. The zero-order valence-corrected chi connectivity index (χ0v) is 19.5. The molecule has 0 unspecified atom stereocenters. The Balaban J connectivity index is 1.57. The summed E-state index contributed by atoms with van der Waals surface area (Å²) in [6.07, 6.45) is 6.41. The average Bonchev–Trinajstić information content (AvgIpc) is 3.38. The van der Waals surface area contributed by atoms with E-state index < -0.39 is 0 Å². The van der Waals surface area contributed by atoms with Gasteiger partial charge in [-0.05, 0) is 68.9 Å². The molecule has 1 aliphatic rings. The van der Waals surface area contributed by atoms with Gasteiger partial charge < -0.3 is 20.1 Å². The highest BCUT2D eigenvalue weighted by molar-refractivity contribution is 7.80. The summed E-state index contributed by atoms with van der Waals surface area (Å²) < 4.78 is 2.21. The minimum Gasteiger partial charge on any atom is -0.352 e. The number of hydrogen-bond donors (Lipinski definition) is 2. The minimum atomic E-state index is -0.0864. The molecular formula is C25H29N5OS. The minimum absolute atomic E-state index is 0.0221. The smallest absolute Gasteiger partial charge is 0.226 e. The summed E-state index contributed by atoms with van der Waals surface area (Å²) in [6, 6.07) is 17.4. The van der Waals surface area contributed by atoms with Gasteiger partial charge in [-0.15, -0.1) is 0 Å². The van der Waals surface area contributed by atoms with Crippen LogP contribution in [0.25, 0.3) is 0 Å². The maximum absolute atomic E-state index is 12.6. The Bertz CT molecular complexity index is 1070. The number of amides is 1. The van der Waals surface area contributed by atoms with E-state index in [1.165, 1.54) is 0 Å². The van der Waals surface area contributed by atoms with Crippen molar-refractivity contribution < 1.29 is 4.79 Å². The van der Waals surface area contributed by atoms with E-state index in [9.17, 15) is 4.79 Å². The summed E-state index contributed by atoms with van der Waals surface area (Å²) in [6.45, 7) is 7.04. The molecule has 7 heteroatoms. The molecule has 0 aliphatic carbocycles. The number of hydrogen-bond acceptors (Lipinski definition) is 3. The summed E-state index contributed by atoms with van der Waals surface area (Å²) in [7, 11) is 0. The van der Waals surface area contributed by atoms with Crippen LogP contribution in [0.1, 0.15) is 50.5 Å². The third kappa shape index (κ3) is 4.83. The molecule has 1 fully saturated rings. The quantitative estimate of drug-likeness (QED) is 0.539. The second-order valence-electron chi connectivity index (χ2n) is 9.01. The highest BCUT2D eigenvalue weighted by atomic mass is 32.1. The molecule has 0 radical (unpaired) electrons. The Morgan fingerprint density at radius 1 is 1.12 bits per heavy atom. The third-order valence-corrected chi connectivity index (χ3v) is 6.02. The van der Waals surface area contributed by atoms with Crippen LogP contribution < -0.4 is 10.6 Å². The van der Waals surface area contributed by atoms with E-state index in [0.29, 0.717) is 18.1 Å². The lowest BCUT2D eigenvalue weighted by Gasteiger charge is -2.27. The molecule has 32 heavy (non-hydrogen) atoms. The molecule has 6 nitrogen and oxygen atoms in total. The van der Waals surface area contributed by atoms with Crippen molar-refractivity contribution in [1.29, 1.82) is 0 Å². The Morgan fingerprint density at radius 3 is 2.53 bits per heavy atom. The number of anilines is 1. The predicted molar refractivity (Wildman–Crippen MR) is 131 cm³/mol. The van der Waals surface area contributed by atoms with Gasteiger partial charge in [0.25, 0.3) is 0 Å². The standard InChI is InChI=1S/C25H29N5OS/c1-25(2,3)29-15-12-18(17-29)23-22(20-11-7-8-14-26-20)28-24(32)30(23)16-13-21(31)27-19-9-5-4-6-10-19/h4-12,14-15,17,22-23H,13,16H2,1-3H3,(H,27,31)(H,28,32)/t22-,23+/m1/s1. The van der Waals surface area contributed by atoms with Gasteiger partial charge in [0, 0.05) is 42.8 Å². The number of nitrogens with zero attached hydrogens (tertiary/aromatic N) is 3. The Morgan fingerprint density at radius 2 is 1.88 bits per heavy atom. The molecule has 166 valence electrons. The fourth-order valence-corrected chi connectivity index (χ4v) is 4.31. The van der Waals surface area contributed by atoms with Crippen molar-refractivity contribution >= 4 is 28.9 Å². The second-order valence-corrected chi connectivity index (χ2v) is 9.39. The van der Waals surface area contributed by atoms with Crippen molar-refractivity contribution in [3.63, 3.8) is 0 Å². The zero-order valence-electron chi connectivity index (χ0n) is 18.7. The number of carbonyl (C=O) groups excluding carboxylic acids is 1. The number of benzene rings is 1. The topological polar surface area (TPSA) is 62.2 Å². The Hall–Kier alpha value is -3.19. The molecule has 4 rings (SSSR count). The van der Waals surface area contributed by atoms with Crippen LogP contribution in [-0.2, 0) is 10.3 Å². The predicted octanol–water partition coefficient (Wildman–Crippen LogP) is 4.64. The number of pyridine rings is 1. The molecule has 2 aromatic heterocycles. The maximum atomic E-state index is 12.6. The number of thiocarbonyl (C=S) groups is 1. The first-order valence-electron chi connectivity index (χ1n) is 10.8. The molecule has 2 atom stereocenters. The average molecular weight is 448 g/mol. The lowest BCUT2D eigenvalue weighted by molar-refractivity contribution is -0.116. The summed E-state index contributed by atoms with van der Waals surface area (Å²) in [5.41, 5.74) is 2.85. The van der Waals surface area contributed by atoms with E-state index in [0.717, 1.165) is 16.9 Å². The molecule has 3 aromatic rings. The van der Waals surface area contributed by atoms with Crippen LogP contribution in [0, 0.1) is 0 Å². The molecule has 0 saturated carbocycles. The Kier molecular flexibility index (Phi) is 6.28. The summed E-state index contributed by atoms with van der Waals surface area (Å²) in [5.74, 6) is -0.0358. The SMILES string of the molecule is CC(C)(C)n1ccc([C@H]2[C@@H](c3ccccn3)NC(=S)N2CCC(=O)Nc2ccccc2)c1. The molecule has 2 N–H and O–H groups in total. The van der Waals surface area contributed by atoms with Crippen molar-refractivity contribution in [3.05, 3.63) is 84.4 Å². The van der Waals surface area contributed by atoms with Gasteiger partial charge >= 0.3 is 0 Å². The molecular weight excluding hydrogens is 418 g/mol. The van der Waals surface area contributed by atoms with E-state index in [2.05, 4.69) is 64.3 Å².